The first-order chi connectivity index (χ1) is 15.5. The van der Waals surface area contributed by atoms with E-state index in [0.29, 0.717) is 43.4 Å². The molecule has 0 atom stereocenters. The van der Waals surface area contributed by atoms with Crippen molar-refractivity contribution in [3.8, 4) is 17.3 Å². The minimum atomic E-state index is -0.159. The van der Waals surface area contributed by atoms with E-state index < -0.39 is 0 Å². The number of benzene rings is 1. The molecule has 1 aliphatic rings. The highest BCUT2D eigenvalue weighted by molar-refractivity contribution is 5.90. The molecule has 0 radical (unpaired) electrons. The summed E-state index contributed by atoms with van der Waals surface area (Å²) in [5.41, 5.74) is 2.64. The summed E-state index contributed by atoms with van der Waals surface area (Å²) in [6.45, 7) is 6.49. The summed E-state index contributed by atoms with van der Waals surface area (Å²) in [4.78, 5) is 29.9. The standard InChI is InChI=1S/C22H27N7O3/c1-15-16(2)29(14-25-15)21-12-20(23-13-24-21)27-5-7-28(8-6-27)22(30)26-17-9-18(31-3)11-19(10-17)32-4/h9-14H,5-8H2,1-4H3,(H,26,30). The number of aromatic nitrogens is 4. The van der Waals surface area contributed by atoms with E-state index in [1.54, 1.807) is 50.0 Å². The monoisotopic (exact) mass is 437 g/mol. The van der Waals surface area contributed by atoms with E-state index in [2.05, 4.69) is 25.2 Å². The maximum Gasteiger partial charge on any atom is 0.321 e. The molecule has 0 unspecified atom stereocenters. The number of amides is 2. The Balaban J connectivity index is 1.40. The predicted octanol–water partition coefficient (Wildman–Crippen LogP) is 2.65. The normalized spacial score (nSPS) is 13.8. The van der Waals surface area contributed by atoms with Gasteiger partial charge in [0.05, 0.1) is 19.9 Å². The number of hydrogen-bond donors (Lipinski definition) is 1. The van der Waals surface area contributed by atoms with E-state index in [1.165, 1.54) is 0 Å². The van der Waals surface area contributed by atoms with Crippen LogP contribution in [0.5, 0.6) is 11.5 Å². The lowest BCUT2D eigenvalue weighted by molar-refractivity contribution is 0.208. The number of nitrogens with zero attached hydrogens (tertiary/aromatic N) is 6. The van der Waals surface area contributed by atoms with Gasteiger partial charge in [0, 0.05) is 61.8 Å². The number of piperazine rings is 1. The molecule has 0 bridgehead atoms. The molecule has 1 fully saturated rings. The first-order valence-corrected chi connectivity index (χ1v) is 10.4. The fraction of sp³-hybridized carbons (Fsp3) is 0.364. The van der Waals surface area contributed by atoms with Crippen molar-refractivity contribution in [3.05, 3.63) is 48.3 Å². The van der Waals surface area contributed by atoms with Crippen molar-refractivity contribution in [2.45, 2.75) is 13.8 Å². The Hall–Kier alpha value is -3.82. The Labute approximate surface area is 186 Å². The summed E-state index contributed by atoms with van der Waals surface area (Å²) in [7, 11) is 3.15. The van der Waals surface area contributed by atoms with Gasteiger partial charge < -0.3 is 24.6 Å². The molecule has 10 nitrogen and oxygen atoms in total. The zero-order valence-electron chi connectivity index (χ0n) is 18.7. The number of methoxy groups -OCH3 is 2. The zero-order valence-corrected chi connectivity index (χ0v) is 18.7. The lowest BCUT2D eigenvalue weighted by Crippen LogP contribution is -2.50. The smallest absolute Gasteiger partial charge is 0.321 e. The van der Waals surface area contributed by atoms with Gasteiger partial charge in [-0.1, -0.05) is 0 Å². The number of rotatable bonds is 5. The van der Waals surface area contributed by atoms with Gasteiger partial charge in [0.25, 0.3) is 0 Å². The molecular formula is C22H27N7O3. The molecule has 2 aromatic heterocycles. The van der Waals surface area contributed by atoms with Crippen LogP contribution in [0, 0.1) is 13.8 Å². The van der Waals surface area contributed by atoms with Crippen LogP contribution in [-0.4, -0.2) is 70.8 Å². The summed E-state index contributed by atoms with van der Waals surface area (Å²) in [5, 5.41) is 2.93. The number of imidazole rings is 1. The van der Waals surface area contributed by atoms with Gasteiger partial charge in [0.1, 0.15) is 35.8 Å². The first kappa shape index (κ1) is 21.4. The minimum absolute atomic E-state index is 0.159. The number of carbonyl (C=O) groups is 1. The molecule has 2 amide bonds. The molecule has 32 heavy (non-hydrogen) atoms. The van der Waals surface area contributed by atoms with Crippen LogP contribution >= 0.6 is 0 Å². The van der Waals surface area contributed by atoms with Crippen LogP contribution < -0.4 is 19.7 Å². The van der Waals surface area contributed by atoms with E-state index >= 15 is 0 Å². The van der Waals surface area contributed by atoms with E-state index in [0.717, 1.165) is 23.0 Å². The fourth-order valence-corrected chi connectivity index (χ4v) is 3.59. The van der Waals surface area contributed by atoms with Gasteiger partial charge in [-0.05, 0) is 13.8 Å². The maximum absolute atomic E-state index is 12.8. The summed E-state index contributed by atoms with van der Waals surface area (Å²) >= 11 is 0. The van der Waals surface area contributed by atoms with Crippen LogP contribution in [0.25, 0.3) is 5.82 Å². The molecule has 4 rings (SSSR count). The van der Waals surface area contributed by atoms with Crippen LogP contribution in [0.1, 0.15) is 11.4 Å². The largest absolute Gasteiger partial charge is 0.497 e. The summed E-state index contributed by atoms with van der Waals surface area (Å²) in [6.07, 6.45) is 3.33. The van der Waals surface area contributed by atoms with E-state index in [9.17, 15) is 4.79 Å². The Morgan fingerprint density at radius 2 is 1.56 bits per heavy atom. The number of urea groups is 1. The lowest BCUT2D eigenvalue weighted by Gasteiger charge is -2.35. The molecule has 0 saturated carbocycles. The third-order valence-electron chi connectivity index (χ3n) is 5.63. The van der Waals surface area contributed by atoms with Crippen LogP contribution in [0.15, 0.2) is 36.9 Å². The van der Waals surface area contributed by atoms with Gasteiger partial charge >= 0.3 is 6.03 Å². The average Bonchev–Trinajstić information content (AvgIpc) is 3.17. The first-order valence-electron chi connectivity index (χ1n) is 10.4. The van der Waals surface area contributed by atoms with E-state index in [1.807, 2.05) is 24.5 Å². The van der Waals surface area contributed by atoms with Gasteiger partial charge in [0.15, 0.2) is 0 Å². The molecular weight excluding hydrogens is 410 g/mol. The average molecular weight is 438 g/mol. The third-order valence-corrected chi connectivity index (χ3v) is 5.63. The Morgan fingerprint density at radius 3 is 2.16 bits per heavy atom. The molecule has 3 aromatic rings. The molecule has 3 heterocycles. The lowest BCUT2D eigenvalue weighted by atomic mass is 10.2. The van der Waals surface area contributed by atoms with Gasteiger partial charge in [-0.25, -0.2) is 19.7 Å². The van der Waals surface area contributed by atoms with Gasteiger partial charge in [-0.2, -0.15) is 0 Å². The molecule has 0 aliphatic carbocycles. The molecule has 1 saturated heterocycles. The molecule has 1 aromatic carbocycles. The molecule has 168 valence electrons. The number of aryl methyl sites for hydroxylation is 1. The minimum Gasteiger partial charge on any atom is -0.497 e. The second kappa shape index (κ2) is 9.13. The Kier molecular flexibility index (Phi) is 6.11. The fourth-order valence-electron chi connectivity index (χ4n) is 3.59. The number of ether oxygens (including phenoxy) is 2. The Morgan fingerprint density at radius 1 is 0.906 bits per heavy atom. The second-order valence-electron chi connectivity index (χ2n) is 7.53. The number of nitrogens with one attached hydrogen (secondary N) is 1. The van der Waals surface area contributed by atoms with Crippen molar-refractivity contribution in [2.75, 3.05) is 50.6 Å². The number of anilines is 2. The molecule has 10 heteroatoms. The van der Waals surface area contributed by atoms with Crippen LogP contribution in [0.4, 0.5) is 16.3 Å². The van der Waals surface area contributed by atoms with Gasteiger partial charge in [-0.3, -0.25) is 4.57 Å². The number of carbonyl (C=O) groups excluding carboxylic acids is 1. The molecule has 1 aliphatic heterocycles. The van der Waals surface area contributed by atoms with E-state index in [-0.39, 0.29) is 6.03 Å². The van der Waals surface area contributed by atoms with Crippen molar-refractivity contribution in [3.63, 3.8) is 0 Å². The van der Waals surface area contributed by atoms with Crippen LogP contribution in [0.2, 0.25) is 0 Å². The Bertz CT molecular complexity index is 1080. The maximum atomic E-state index is 12.8. The zero-order chi connectivity index (χ0) is 22.7. The van der Waals surface area contributed by atoms with Gasteiger partial charge in [-0.15, -0.1) is 0 Å². The highest BCUT2D eigenvalue weighted by atomic mass is 16.5. The predicted molar refractivity (Wildman–Crippen MR) is 121 cm³/mol. The second-order valence-corrected chi connectivity index (χ2v) is 7.53. The van der Waals surface area contributed by atoms with Crippen molar-refractivity contribution in [2.24, 2.45) is 0 Å². The van der Waals surface area contributed by atoms with Gasteiger partial charge in [0.2, 0.25) is 0 Å². The van der Waals surface area contributed by atoms with Crippen LogP contribution in [-0.2, 0) is 0 Å². The summed E-state index contributed by atoms with van der Waals surface area (Å²) in [6, 6.07) is 7.08. The highest BCUT2D eigenvalue weighted by Gasteiger charge is 2.23. The quantitative estimate of drug-likeness (QED) is 0.655. The van der Waals surface area contributed by atoms with Crippen molar-refractivity contribution < 1.29 is 14.3 Å². The topological polar surface area (TPSA) is 97.6 Å². The summed E-state index contributed by atoms with van der Waals surface area (Å²) < 4.78 is 12.5. The van der Waals surface area contributed by atoms with Crippen LogP contribution in [0.3, 0.4) is 0 Å². The molecule has 0 spiro atoms. The van der Waals surface area contributed by atoms with Crippen molar-refractivity contribution in [1.29, 1.82) is 0 Å². The SMILES string of the molecule is COc1cc(NC(=O)N2CCN(c3cc(-n4cnc(C)c4C)ncn3)CC2)cc(OC)c1. The molecule has 1 N–H and O–H groups in total. The highest BCUT2D eigenvalue weighted by Crippen LogP contribution is 2.26. The third kappa shape index (κ3) is 4.43. The van der Waals surface area contributed by atoms with Crippen molar-refractivity contribution in [1.82, 2.24) is 24.4 Å². The van der Waals surface area contributed by atoms with E-state index in [4.69, 9.17) is 9.47 Å². The van der Waals surface area contributed by atoms with Crippen molar-refractivity contribution >= 4 is 17.5 Å². The summed E-state index contributed by atoms with van der Waals surface area (Å²) in [5.74, 6) is 2.85. The number of hydrogen-bond acceptors (Lipinski definition) is 7.